The number of carbonyl (C=O) groups is 1. The number of hydrogen-bond acceptors (Lipinski definition) is 2. The molecule has 4 nitrogen and oxygen atoms in total. The minimum atomic E-state index is -0.0762. The summed E-state index contributed by atoms with van der Waals surface area (Å²) in [5, 5.41) is 0.968. The molecule has 1 spiro atoms. The Morgan fingerprint density at radius 2 is 2.04 bits per heavy atom. The van der Waals surface area contributed by atoms with Crippen LogP contribution in [0.2, 0.25) is 0 Å². The van der Waals surface area contributed by atoms with Crippen LogP contribution >= 0.6 is 0 Å². The fourth-order valence-corrected chi connectivity index (χ4v) is 4.57. The van der Waals surface area contributed by atoms with Gasteiger partial charge in [0.2, 0.25) is 0 Å². The number of piperidine rings is 1. The van der Waals surface area contributed by atoms with E-state index >= 15 is 0 Å². The van der Waals surface area contributed by atoms with Crippen molar-refractivity contribution in [3.63, 3.8) is 0 Å². The van der Waals surface area contributed by atoms with E-state index in [0.29, 0.717) is 17.0 Å². The fourth-order valence-electron chi connectivity index (χ4n) is 4.57. The van der Waals surface area contributed by atoms with Gasteiger partial charge in [-0.15, -0.1) is 0 Å². The zero-order chi connectivity index (χ0) is 17.8. The van der Waals surface area contributed by atoms with Crippen molar-refractivity contribution in [2.45, 2.75) is 52.0 Å². The van der Waals surface area contributed by atoms with Crippen LogP contribution in [0.15, 0.2) is 24.3 Å². The molecule has 2 aromatic rings. The van der Waals surface area contributed by atoms with Crippen molar-refractivity contribution in [1.82, 2.24) is 9.88 Å². The van der Waals surface area contributed by atoms with Crippen LogP contribution in [0, 0.1) is 11.3 Å². The molecule has 1 saturated carbocycles. The molecule has 1 unspecified atom stereocenters. The second kappa shape index (κ2) is 5.52. The molecular weight excluding hydrogens is 312 g/mol. The number of H-pyrrole nitrogens is 1. The van der Waals surface area contributed by atoms with Crippen molar-refractivity contribution in [3.8, 4) is 5.75 Å². The van der Waals surface area contributed by atoms with Crippen molar-refractivity contribution < 1.29 is 9.53 Å². The van der Waals surface area contributed by atoms with E-state index in [2.05, 4.69) is 30.7 Å². The Morgan fingerprint density at radius 3 is 2.68 bits per heavy atom. The monoisotopic (exact) mass is 340 g/mol. The largest absolute Gasteiger partial charge is 0.496 e. The van der Waals surface area contributed by atoms with Gasteiger partial charge in [-0.3, -0.25) is 4.79 Å². The van der Waals surface area contributed by atoms with E-state index in [1.54, 1.807) is 7.11 Å². The third-order valence-electron chi connectivity index (χ3n) is 6.74. The Morgan fingerprint density at radius 1 is 1.28 bits per heavy atom. The Hall–Kier alpha value is -1.97. The average Bonchev–Trinajstić information content (AvgIpc) is 3.18. The molecule has 1 aliphatic heterocycles. The Balaban J connectivity index is 1.70. The first-order chi connectivity index (χ1) is 11.9. The molecule has 1 aromatic heterocycles. The van der Waals surface area contributed by atoms with Crippen LogP contribution < -0.4 is 4.74 Å². The highest BCUT2D eigenvalue weighted by Crippen LogP contribution is 2.59. The second-order valence-electron chi connectivity index (χ2n) is 8.50. The summed E-state index contributed by atoms with van der Waals surface area (Å²) in [4.78, 5) is 18.8. The van der Waals surface area contributed by atoms with Gasteiger partial charge in [-0.1, -0.05) is 19.9 Å². The summed E-state index contributed by atoms with van der Waals surface area (Å²) in [7, 11) is 1.67. The van der Waals surface area contributed by atoms with Crippen molar-refractivity contribution in [1.29, 1.82) is 0 Å². The summed E-state index contributed by atoms with van der Waals surface area (Å²) < 4.78 is 5.44. The van der Waals surface area contributed by atoms with Crippen molar-refractivity contribution in [2.75, 3.05) is 13.7 Å². The molecule has 1 atom stereocenters. The summed E-state index contributed by atoms with van der Waals surface area (Å²) in [5.41, 5.74) is 2.05. The number of nitrogens with zero attached hydrogens (tertiary/aromatic N) is 1. The Labute approximate surface area is 149 Å². The molecule has 25 heavy (non-hydrogen) atoms. The lowest BCUT2D eigenvalue weighted by molar-refractivity contribution is -0.000988. The molecule has 1 saturated heterocycles. The molecule has 0 bridgehead atoms. The molecule has 2 fully saturated rings. The molecule has 1 amide bonds. The van der Waals surface area contributed by atoms with E-state index in [4.69, 9.17) is 4.74 Å². The first-order valence-electron chi connectivity index (χ1n) is 9.36. The fraction of sp³-hybridized carbons (Fsp3) is 0.571. The highest BCUT2D eigenvalue weighted by Gasteiger charge is 2.54. The Kier molecular flexibility index (Phi) is 3.64. The molecule has 2 aliphatic rings. The number of aromatic amines is 1. The lowest BCUT2D eigenvalue weighted by Gasteiger charge is -2.50. The van der Waals surface area contributed by atoms with Gasteiger partial charge < -0.3 is 14.6 Å². The number of amides is 1. The van der Waals surface area contributed by atoms with E-state index in [1.165, 1.54) is 12.8 Å². The quantitative estimate of drug-likeness (QED) is 0.887. The highest BCUT2D eigenvalue weighted by atomic mass is 16.5. The van der Waals surface area contributed by atoms with Crippen molar-refractivity contribution in [3.05, 3.63) is 30.0 Å². The summed E-state index contributed by atoms with van der Waals surface area (Å²) >= 11 is 0. The standard InChI is InChI=1S/C21H28N2O2/c1-14(2)20(3)13-21(8-9-21)10-11-23(20)19(24)17-12-15-16(22-17)6-5-7-18(15)25-4/h5-7,12,14,22H,8-11,13H2,1-4H3. The Bertz CT molecular complexity index is 818. The zero-order valence-electron chi connectivity index (χ0n) is 15.7. The van der Waals surface area contributed by atoms with Gasteiger partial charge in [0.25, 0.3) is 5.91 Å². The summed E-state index contributed by atoms with van der Waals surface area (Å²) in [6.45, 7) is 7.63. The number of nitrogens with one attached hydrogen (secondary N) is 1. The molecule has 2 heterocycles. The normalized spacial score (nSPS) is 24.9. The number of rotatable bonds is 3. The molecular formula is C21H28N2O2. The number of aromatic nitrogens is 1. The third-order valence-corrected chi connectivity index (χ3v) is 6.74. The van der Waals surface area contributed by atoms with Gasteiger partial charge in [0.1, 0.15) is 11.4 Å². The number of hydrogen-bond donors (Lipinski definition) is 1. The van der Waals surface area contributed by atoms with Crippen molar-refractivity contribution in [2.24, 2.45) is 11.3 Å². The smallest absolute Gasteiger partial charge is 0.270 e. The second-order valence-corrected chi connectivity index (χ2v) is 8.50. The average molecular weight is 340 g/mol. The first-order valence-corrected chi connectivity index (χ1v) is 9.36. The van der Waals surface area contributed by atoms with Gasteiger partial charge in [0.05, 0.1) is 7.11 Å². The van der Waals surface area contributed by atoms with Gasteiger partial charge in [-0.25, -0.2) is 0 Å². The van der Waals surface area contributed by atoms with E-state index in [0.717, 1.165) is 36.0 Å². The lowest BCUT2D eigenvalue weighted by atomic mass is 9.73. The predicted molar refractivity (Wildman–Crippen MR) is 100 cm³/mol. The van der Waals surface area contributed by atoms with E-state index in [1.807, 2.05) is 24.3 Å². The van der Waals surface area contributed by atoms with Gasteiger partial charge in [-0.05, 0) is 62.1 Å². The third kappa shape index (κ3) is 2.54. The first kappa shape index (κ1) is 16.5. The molecule has 134 valence electrons. The molecule has 0 radical (unpaired) electrons. The molecule has 1 N–H and O–H groups in total. The predicted octanol–water partition coefficient (Wildman–Crippen LogP) is 4.61. The minimum Gasteiger partial charge on any atom is -0.496 e. The van der Waals surface area contributed by atoms with Gasteiger partial charge in [0.15, 0.2) is 0 Å². The van der Waals surface area contributed by atoms with Crippen LogP contribution in [0.5, 0.6) is 5.75 Å². The molecule has 4 heteroatoms. The summed E-state index contributed by atoms with van der Waals surface area (Å²) in [5.74, 6) is 1.35. The van der Waals surface area contributed by atoms with Gasteiger partial charge in [-0.2, -0.15) is 0 Å². The van der Waals surface area contributed by atoms with Gasteiger partial charge >= 0.3 is 0 Å². The van der Waals surface area contributed by atoms with Gasteiger partial charge in [0, 0.05) is 23.0 Å². The van der Waals surface area contributed by atoms with Crippen LogP contribution in [-0.4, -0.2) is 35.0 Å². The number of likely N-dealkylation sites (tertiary alicyclic amines) is 1. The maximum Gasteiger partial charge on any atom is 0.270 e. The minimum absolute atomic E-state index is 0.0762. The van der Waals surface area contributed by atoms with Crippen LogP contribution in [0.4, 0.5) is 0 Å². The number of carbonyl (C=O) groups excluding carboxylic acids is 1. The topological polar surface area (TPSA) is 45.3 Å². The van der Waals surface area contributed by atoms with E-state index in [-0.39, 0.29) is 11.4 Å². The maximum atomic E-state index is 13.4. The van der Waals surface area contributed by atoms with E-state index in [9.17, 15) is 4.79 Å². The van der Waals surface area contributed by atoms with Crippen LogP contribution in [0.3, 0.4) is 0 Å². The SMILES string of the molecule is COc1cccc2[nH]c(C(=O)N3CCC4(CC4)CC3(C)C(C)C)cc12. The van der Waals surface area contributed by atoms with E-state index < -0.39 is 0 Å². The molecule has 1 aromatic carbocycles. The van der Waals surface area contributed by atoms with Crippen LogP contribution in [0.1, 0.15) is 56.9 Å². The molecule has 1 aliphatic carbocycles. The lowest BCUT2D eigenvalue weighted by Crippen LogP contribution is -2.58. The number of methoxy groups -OCH3 is 1. The highest BCUT2D eigenvalue weighted by molar-refractivity contribution is 6.00. The molecule has 4 rings (SSSR count). The summed E-state index contributed by atoms with van der Waals surface area (Å²) in [6, 6.07) is 7.81. The van der Waals surface area contributed by atoms with Crippen LogP contribution in [0.25, 0.3) is 10.9 Å². The number of fused-ring (bicyclic) bond motifs is 1. The summed E-state index contributed by atoms with van der Waals surface area (Å²) in [6.07, 6.45) is 4.94. The number of benzene rings is 1. The van der Waals surface area contributed by atoms with Crippen molar-refractivity contribution >= 4 is 16.8 Å². The number of ether oxygens (including phenoxy) is 1. The zero-order valence-corrected chi connectivity index (χ0v) is 15.7. The van der Waals surface area contributed by atoms with Crippen LogP contribution in [-0.2, 0) is 0 Å². The maximum absolute atomic E-state index is 13.4.